The molecule has 4 aromatic heterocycles. The fourth-order valence-corrected chi connectivity index (χ4v) is 3.81. The monoisotopic (exact) mass is 429 g/mol. The van der Waals surface area contributed by atoms with Crippen molar-refractivity contribution in [2.75, 3.05) is 5.73 Å². The van der Waals surface area contributed by atoms with Gasteiger partial charge in [0.05, 0.1) is 11.8 Å². The lowest BCUT2D eigenvalue weighted by atomic mass is 9.90. The number of hydrogen-bond acceptors (Lipinski definition) is 6. The lowest BCUT2D eigenvalue weighted by Crippen LogP contribution is -2.20. The summed E-state index contributed by atoms with van der Waals surface area (Å²) in [6.45, 7) is 2.38. The van der Waals surface area contributed by atoms with Gasteiger partial charge in [-0.3, -0.25) is 14.6 Å². The molecule has 4 aromatic rings. The highest BCUT2D eigenvalue weighted by Gasteiger charge is 2.25. The minimum atomic E-state index is -0.665. The molecule has 0 saturated carbocycles. The zero-order chi connectivity index (χ0) is 22.7. The van der Waals surface area contributed by atoms with E-state index in [1.54, 1.807) is 41.4 Å². The quantitative estimate of drug-likeness (QED) is 0.464. The summed E-state index contributed by atoms with van der Waals surface area (Å²) in [5, 5.41) is 0. The van der Waals surface area contributed by atoms with Crippen molar-refractivity contribution in [1.29, 1.82) is 0 Å². The molecule has 0 aliphatic rings. The molecule has 4 heterocycles. The number of aromatic nitrogens is 3. The van der Waals surface area contributed by atoms with Crippen LogP contribution in [0.4, 0.5) is 5.82 Å². The Bertz CT molecular complexity index is 1310. The molecule has 4 rings (SSSR count). The van der Waals surface area contributed by atoms with Crippen LogP contribution in [0, 0.1) is 0 Å². The summed E-state index contributed by atoms with van der Waals surface area (Å²) in [7, 11) is 0. The molecule has 8 heteroatoms. The molecule has 1 amide bonds. The van der Waals surface area contributed by atoms with Crippen LogP contribution < -0.4 is 17.0 Å². The van der Waals surface area contributed by atoms with Crippen molar-refractivity contribution >= 4 is 11.7 Å². The number of nitrogen functional groups attached to an aromatic ring is 1. The Hall–Kier alpha value is -4.20. The molecule has 0 unspecified atom stereocenters. The van der Waals surface area contributed by atoms with Crippen LogP contribution >= 0.6 is 0 Å². The Morgan fingerprint density at radius 3 is 2.62 bits per heavy atom. The number of nitrogens with zero attached hydrogens (tertiary/aromatic N) is 3. The van der Waals surface area contributed by atoms with Crippen LogP contribution in [0.15, 0.2) is 70.3 Å². The summed E-state index contributed by atoms with van der Waals surface area (Å²) in [5.74, 6) is -0.134. The van der Waals surface area contributed by atoms with E-state index in [1.807, 2.05) is 25.1 Å². The second-order valence-electron chi connectivity index (χ2n) is 7.28. The zero-order valence-electron chi connectivity index (χ0n) is 17.6. The highest BCUT2D eigenvalue weighted by molar-refractivity contribution is 6.02. The maximum absolute atomic E-state index is 12.4. The molecular weight excluding hydrogens is 406 g/mol. The summed E-state index contributed by atoms with van der Waals surface area (Å²) < 4.78 is 7.21. The lowest BCUT2D eigenvalue weighted by molar-refractivity contribution is 0.1000. The maximum Gasteiger partial charge on any atom is 0.252 e. The maximum atomic E-state index is 12.4. The smallest absolute Gasteiger partial charge is 0.252 e. The molecular formula is C24H23N5O3. The van der Waals surface area contributed by atoms with Crippen LogP contribution in [0.5, 0.6) is 0 Å². The van der Waals surface area contributed by atoms with Crippen LogP contribution in [0.1, 0.15) is 28.5 Å². The normalized spacial score (nSPS) is 10.9. The first-order valence-corrected chi connectivity index (χ1v) is 10.3. The average Bonchev–Trinajstić information content (AvgIpc) is 3.33. The van der Waals surface area contributed by atoms with Gasteiger partial charge in [-0.05, 0) is 55.7 Å². The Morgan fingerprint density at radius 2 is 1.97 bits per heavy atom. The van der Waals surface area contributed by atoms with Gasteiger partial charge in [0.15, 0.2) is 5.76 Å². The standard InChI is InChI=1S/C24H23N5O3/c1-2-29-14-15(8-11-19(29)30)20-17(10-9-16-6-3-4-12-27-16)21(24(26)31)23(25)28-22(20)18-7-5-13-32-18/h3-8,11-14H,2,9-10H2,1H3,(H2,25,28)(H2,26,31). The predicted octanol–water partition coefficient (Wildman–Crippen LogP) is 3.05. The third-order valence-corrected chi connectivity index (χ3v) is 5.30. The number of carbonyl (C=O) groups is 1. The molecule has 0 aromatic carbocycles. The van der Waals surface area contributed by atoms with Gasteiger partial charge >= 0.3 is 0 Å². The molecule has 162 valence electrons. The van der Waals surface area contributed by atoms with Crippen LogP contribution in [0.2, 0.25) is 0 Å². The first-order valence-electron chi connectivity index (χ1n) is 10.3. The Balaban J connectivity index is 2.00. The summed E-state index contributed by atoms with van der Waals surface area (Å²) in [6.07, 6.45) is 6.01. The number of carbonyl (C=O) groups excluding carboxylic acids is 1. The molecule has 0 fully saturated rings. The zero-order valence-corrected chi connectivity index (χ0v) is 17.6. The number of primary amides is 1. The second kappa shape index (κ2) is 8.89. The number of hydrogen-bond donors (Lipinski definition) is 2. The number of nitrogens with two attached hydrogens (primary N) is 2. The number of rotatable bonds is 7. The van der Waals surface area contributed by atoms with E-state index in [2.05, 4.69) is 9.97 Å². The number of anilines is 1. The van der Waals surface area contributed by atoms with E-state index in [9.17, 15) is 9.59 Å². The number of aryl methyl sites for hydroxylation is 2. The molecule has 0 bridgehead atoms. The van der Waals surface area contributed by atoms with Gasteiger partial charge in [-0.15, -0.1) is 0 Å². The molecule has 0 radical (unpaired) electrons. The fraction of sp³-hybridized carbons (Fsp3) is 0.167. The van der Waals surface area contributed by atoms with Gasteiger partial charge < -0.3 is 20.5 Å². The lowest BCUT2D eigenvalue weighted by Gasteiger charge is -2.19. The predicted molar refractivity (Wildman–Crippen MR) is 122 cm³/mol. The summed E-state index contributed by atoms with van der Waals surface area (Å²) in [4.78, 5) is 33.5. The largest absolute Gasteiger partial charge is 0.463 e. The molecule has 0 aliphatic carbocycles. The molecule has 32 heavy (non-hydrogen) atoms. The molecule has 8 nitrogen and oxygen atoms in total. The number of amides is 1. The van der Waals surface area contributed by atoms with Gasteiger partial charge in [0, 0.05) is 41.8 Å². The average molecular weight is 429 g/mol. The van der Waals surface area contributed by atoms with Crippen molar-refractivity contribution in [2.24, 2.45) is 5.73 Å². The van der Waals surface area contributed by atoms with Crippen molar-refractivity contribution in [3.05, 3.63) is 88.3 Å². The first-order chi connectivity index (χ1) is 15.5. The van der Waals surface area contributed by atoms with Gasteiger partial charge in [0.2, 0.25) is 0 Å². The van der Waals surface area contributed by atoms with Crippen molar-refractivity contribution < 1.29 is 9.21 Å². The minimum Gasteiger partial charge on any atom is -0.463 e. The molecule has 0 spiro atoms. The highest BCUT2D eigenvalue weighted by atomic mass is 16.3. The van der Waals surface area contributed by atoms with E-state index in [0.717, 1.165) is 5.69 Å². The fourth-order valence-electron chi connectivity index (χ4n) is 3.81. The van der Waals surface area contributed by atoms with Gasteiger partial charge in [-0.1, -0.05) is 6.07 Å². The van der Waals surface area contributed by atoms with Crippen molar-refractivity contribution in [3.63, 3.8) is 0 Å². The van der Waals surface area contributed by atoms with E-state index in [4.69, 9.17) is 15.9 Å². The van der Waals surface area contributed by atoms with Crippen LogP contribution in [0.25, 0.3) is 22.6 Å². The van der Waals surface area contributed by atoms with Crippen molar-refractivity contribution in [2.45, 2.75) is 26.3 Å². The van der Waals surface area contributed by atoms with Crippen molar-refractivity contribution in [3.8, 4) is 22.6 Å². The second-order valence-corrected chi connectivity index (χ2v) is 7.28. The van der Waals surface area contributed by atoms with E-state index in [0.29, 0.717) is 47.5 Å². The third-order valence-electron chi connectivity index (χ3n) is 5.30. The topological polar surface area (TPSA) is 130 Å². The SMILES string of the molecule is CCn1cc(-c2c(-c3ccco3)nc(N)c(C(N)=O)c2CCc2ccccn2)ccc1=O. The van der Waals surface area contributed by atoms with E-state index >= 15 is 0 Å². The van der Waals surface area contributed by atoms with E-state index < -0.39 is 5.91 Å². The van der Waals surface area contributed by atoms with Crippen molar-refractivity contribution in [1.82, 2.24) is 14.5 Å². The van der Waals surface area contributed by atoms with Crippen LogP contribution in [-0.4, -0.2) is 20.4 Å². The van der Waals surface area contributed by atoms with Gasteiger partial charge in [0.1, 0.15) is 11.5 Å². The molecule has 0 atom stereocenters. The number of furan rings is 1. The highest BCUT2D eigenvalue weighted by Crippen LogP contribution is 2.38. The number of pyridine rings is 3. The summed E-state index contributed by atoms with van der Waals surface area (Å²) in [5.41, 5.74) is 15.3. The Labute approximate surface area is 184 Å². The first kappa shape index (κ1) is 21.0. The molecule has 4 N–H and O–H groups in total. The van der Waals surface area contributed by atoms with Crippen LogP contribution in [0.3, 0.4) is 0 Å². The van der Waals surface area contributed by atoms with Gasteiger partial charge in [-0.2, -0.15) is 0 Å². The molecule has 0 saturated heterocycles. The Kier molecular flexibility index (Phi) is 5.85. The van der Waals surface area contributed by atoms with E-state index in [-0.39, 0.29) is 16.9 Å². The summed E-state index contributed by atoms with van der Waals surface area (Å²) >= 11 is 0. The van der Waals surface area contributed by atoms with Gasteiger partial charge in [0.25, 0.3) is 11.5 Å². The third kappa shape index (κ3) is 4.02. The summed E-state index contributed by atoms with van der Waals surface area (Å²) in [6, 6.07) is 12.4. The minimum absolute atomic E-state index is 0.0347. The Morgan fingerprint density at radius 1 is 1.12 bits per heavy atom. The molecule has 0 aliphatic heterocycles. The van der Waals surface area contributed by atoms with Crippen LogP contribution in [-0.2, 0) is 19.4 Å². The van der Waals surface area contributed by atoms with E-state index in [1.165, 1.54) is 6.07 Å². The van der Waals surface area contributed by atoms with Gasteiger partial charge in [-0.25, -0.2) is 4.98 Å².